The zero-order valence-electron chi connectivity index (χ0n) is 18.2. The molecule has 33 heavy (non-hydrogen) atoms. The van der Waals surface area contributed by atoms with E-state index in [1.165, 1.54) is 19.1 Å². The standard InChI is InChI=1S/C23H22F3N3O4/c1-4-29(5-2)17-9-6-15-12-19(21(31)27-14(3)30)22(32-20(15)13-17)28-16-7-10-18(11-8-16)33-23(24,25)26/h6-13H,4-5H2,1-3H3,(H,27,30,31). The fourth-order valence-corrected chi connectivity index (χ4v) is 3.21. The van der Waals surface area contributed by atoms with E-state index in [1.807, 2.05) is 26.0 Å². The highest BCUT2D eigenvalue weighted by Gasteiger charge is 2.31. The Hall–Kier alpha value is -3.82. The molecule has 1 heterocycles. The van der Waals surface area contributed by atoms with E-state index in [0.29, 0.717) is 11.0 Å². The summed E-state index contributed by atoms with van der Waals surface area (Å²) >= 11 is 0. The number of nitrogens with one attached hydrogen (secondary N) is 1. The van der Waals surface area contributed by atoms with E-state index in [0.717, 1.165) is 30.9 Å². The van der Waals surface area contributed by atoms with Crippen LogP contribution in [0.25, 0.3) is 11.0 Å². The summed E-state index contributed by atoms with van der Waals surface area (Å²) in [6.45, 7) is 6.80. The van der Waals surface area contributed by atoms with Crippen LogP contribution in [0, 0.1) is 0 Å². The lowest BCUT2D eigenvalue weighted by molar-refractivity contribution is -0.274. The maximum Gasteiger partial charge on any atom is 0.573 e. The number of ether oxygens (including phenoxy) is 1. The molecule has 0 bridgehead atoms. The van der Waals surface area contributed by atoms with E-state index >= 15 is 0 Å². The highest BCUT2D eigenvalue weighted by Crippen LogP contribution is 2.25. The minimum absolute atomic E-state index is 0.00362. The molecule has 1 aromatic heterocycles. The highest BCUT2D eigenvalue weighted by atomic mass is 19.4. The maximum atomic E-state index is 12.6. The van der Waals surface area contributed by atoms with Crippen molar-refractivity contribution in [3.8, 4) is 5.75 Å². The van der Waals surface area contributed by atoms with Crippen molar-refractivity contribution in [3.05, 3.63) is 59.6 Å². The predicted octanol–water partition coefficient (Wildman–Crippen LogP) is 4.69. The Kier molecular flexibility index (Phi) is 7.05. The molecule has 0 aliphatic rings. The Balaban J connectivity index is 2.12. The number of nitrogens with zero attached hydrogens (tertiary/aromatic N) is 2. The monoisotopic (exact) mass is 461 g/mol. The van der Waals surface area contributed by atoms with Crippen molar-refractivity contribution in [2.75, 3.05) is 18.0 Å². The molecule has 0 unspecified atom stereocenters. The van der Waals surface area contributed by atoms with Gasteiger partial charge < -0.3 is 14.1 Å². The van der Waals surface area contributed by atoms with E-state index in [1.54, 1.807) is 12.1 Å². The second-order valence-electron chi connectivity index (χ2n) is 7.02. The van der Waals surface area contributed by atoms with Crippen LogP contribution in [0.1, 0.15) is 31.1 Å². The van der Waals surface area contributed by atoms with Gasteiger partial charge in [-0.3, -0.25) is 14.9 Å². The van der Waals surface area contributed by atoms with Crippen molar-refractivity contribution >= 4 is 34.2 Å². The van der Waals surface area contributed by atoms with Gasteiger partial charge in [-0.25, -0.2) is 4.99 Å². The molecule has 3 aromatic rings. The zero-order chi connectivity index (χ0) is 24.2. The van der Waals surface area contributed by atoms with Gasteiger partial charge in [0.25, 0.3) is 5.91 Å². The second-order valence-corrected chi connectivity index (χ2v) is 7.02. The molecule has 174 valence electrons. The molecule has 0 aliphatic carbocycles. The summed E-state index contributed by atoms with van der Waals surface area (Å²) in [5, 5.41) is 2.80. The van der Waals surface area contributed by atoms with Crippen LogP contribution in [0.5, 0.6) is 5.75 Å². The molecule has 0 saturated carbocycles. The molecule has 2 aromatic carbocycles. The normalized spacial score (nSPS) is 12.0. The number of anilines is 1. The third-order valence-electron chi connectivity index (χ3n) is 4.70. The highest BCUT2D eigenvalue weighted by molar-refractivity contribution is 6.05. The van der Waals surface area contributed by atoms with Crippen LogP contribution in [-0.2, 0) is 4.79 Å². The molecule has 10 heteroatoms. The largest absolute Gasteiger partial charge is 0.573 e. The fraction of sp³-hybridized carbons (Fsp3) is 0.261. The van der Waals surface area contributed by atoms with Crippen LogP contribution in [0.3, 0.4) is 0 Å². The molecule has 7 nitrogen and oxygen atoms in total. The van der Waals surface area contributed by atoms with Gasteiger partial charge in [0.1, 0.15) is 16.9 Å². The van der Waals surface area contributed by atoms with E-state index in [4.69, 9.17) is 4.42 Å². The number of rotatable bonds is 6. The predicted molar refractivity (Wildman–Crippen MR) is 116 cm³/mol. The van der Waals surface area contributed by atoms with Gasteiger partial charge in [-0.1, -0.05) is 0 Å². The Morgan fingerprint density at radius 3 is 2.30 bits per heavy atom. The van der Waals surface area contributed by atoms with Crippen LogP contribution < -0.4 is 20.5 Å². The number of imide groups is 1. The number of amides is 2. The van der Waals surface area contributed by atoms with Crippen LogP contribution in [0.4, 0.5) is 24.5 Å². The van der Waals surface area contributed by atoms with Gasteiger partial charge in [-0.2, -0.15) is 0 Å². The number of benzene rings is 2. The number of alkyl halides is 3. The lowest BCUT2D eigenvalue weighted by Crippen LogP contribution is -2.32. The van der Waals surface area contributed by atoms with Crippen molar-refractivity contribution in [2.24, 2.45) is 4.99 Å². The van der Waals surface area contributed by atoms with Gasteiger partial charge in [-0.05, 0) is 56.3 Å². The Morgan fingerprint density at radius 2 is 1.73 bits per heavy atom. The average Bonchev–Trinajstić information content (AvgIpc) is 2.74. The third-order valence-corrected chi connectivity index (χ3v) is 4.70. The second kappa shape index (κ2) is 9.76. The molecule has 3 rings (SSSR count). The van der Waals surface area contributed by atoms with E-state index in [9.17, 15) is 22.8 Å². The number of fused-ring (bicyclic) bond motifs is 1. The SMILES string of the molecule is CCN(CC)c1ccc2cc(C(=O)NC(C)=O)c(=Nc3ccc(OC(F)(F)F)cc3)oc2c1. The minimum Gasteiger partial charge on any atom is -0.437 e. The fourth-order valence-electron chi connectivity index (χ4n) is 3.21. The van der Waals surface area contributed by atoms with Crippen molar-refractivity contribution < 1.29 is 31.9 Å². The number of hydrogen-bond donors (Lipinski definition) is 1. The first-order chi connectivity index (χ1) is 15.6. The first-order valence-corrected chi connectivity index (χ1v) is 10.1. The quantitative estimate of drug-likeness (QED) is 0.576. The molecule has 0 aliphatic heterocycles. The lowest BCUT2D eigenvalue weighted by atomic mass is 10.1. The van der Waals surface area contributed by atoms with Crippen molar-refractivity contribution in [3.63, 3.8) is 0 Å². The summed E-state index contributed by atoms with van der Waals surface area (Å²) in [4.78, 5) is 30.4. The van der Waals surface area contributed by atoms with Crippen molar-refractivity contribution in [1.29, 1.82) is 0 Å². The summed E-state index contributed by atoms with van der Waals surface area (Å²) < 4.78 is 46.9. The first-order valence-electron chi connectivity index (χ1n) is 10.1. The summed E-state index contributed by atoms with van der Waals surface area (Å²) in [7, 11) is 0. The van der Waals surface area contributed by atoms with Crippen molar-refractivity contribution in [2.45, 2.75) is 27.1 Å². The molecule has 0 saturated heterocycles. The van der Waals surface area contributed by atoms with Crippen molar-refractivity contribution in [1.82, 2.24) is 5.32 Å². The van der Waals surface area contributed by atoms with Gasteiger partial charge in [0.05, 0.1) is 5.69 Å². The summed E-state index contributed by atoms with van der Waals surface area (Å²) in [5.74, 6) is -1.68. The molecule has 0 atom stereocenters. The summed E-state index contributed by atoms with van der Waals surface area (Å²) in [6, 6.07) is 11.8. The molecular formula is C23H22F3N3O4. The van der Waals surface area contributed by atoms with Crippen LogP contribution in [0.2, 0.25) is 0 Å². The van der Waals surface area contributed by atoms with Gasteiger partial charge >= 0.3 is 6.36 Å². The number of halogens is 3. The Bertz CT molecular complexity index is 1230. The Morgan fingerprint density at radius 1 is 1.06 bits per heavy atom. The van der Waals surface area contributed by atoms with E-state index < -0.39 is 23.9 Å². The third kappa shape index (κ3) is 6.12. The Labute approximate surface area is 187 Å². The van der Waals surface area contributed by atoms with Crippen LogP contribution in [0.15, 0.2) is 57.9 Å². The molecule has 2 amide bonds. The lowest BCUT2D eigenvalue weighted by Gasteiger charge is -2.21. The smallest absolute Gasteiger partial charge is 0.437 e. The molecule has 0 radical (unpaired) electrons. The van der Waals surface area contributed by atoms with Gasteiger partial charge in [0, 0.05) is 37.2 Å². The van der Waals surface area contributed by atoms with Gasteiger partial charge in [0.2, 0.25) is 11.5 Å². The average molecular weight is 461 g/mol. The maximum absolute atomic E-state index is 12.6. The molecular weight excluding hydrogens is 439 g/mol. The number of carbonyl (C=O) groups is 2. The molecule has 0 fully saturated rings. The number of hydrogen-bond acceptors (Lipinski definition) is 6. The van der Waals surface area contributed by atoms with Gasteiger partial charge in [-0.15, -0.1) is 13.2 Å². The van der Waals surface area contributed by atoms with Crippen LogP contribution >= 0.6 is 0 Å². The van der Waals surface area contributed by atoms with Crippen LogP contribution in [-0.4, -0.2) is 31.3 Å². The van der Waals surface area contributed by atoms with E-state index in [2.05, 4.69) is 19.9 Å². The number of carbonyl (C=O) groups excluding carboxylic acids is 2. The first kappa shape index (κ1) is 23.8. The van der Waals surface area contributed by atoms with E-state index in [-0.39, 0.29) is 16.8 Å². The zero-order valence-corrected chi connectivity index (χ0v) is 18.2. The van der Waals surface area contributed by atoms with Gasteiger partial charge in [0.15, 0.2) is 0 Å². The topological polar surface area (TPSA) is 84.1 Å². The summed E-state index contributed by atoms with van der Waals surface area (Å²) in [5.41, 5.74) is 1.50. The molecule has 1 N–H and O–H groups in total. The summed E-state index contributed by atoms with van der Waals surface area (Å²) in [6.07, 6.45) is -4.81. The molecule has 0 spiro atoms. The minimum atomic E-state index is -4.81.